The quantitative estimate of drug-likeness (QED) is 0.359. The normalized spacial score (nSPS) is 15.8. The molecule has 0 radical (unpaired) electrons. The van der Waals surface area contributed by atoms with Crippen LogP contribution in [0.3, 0.4) is 0 Å². The van der Waals surface area contributed by atoms with Crippen LogP contribution in [0.15, 0.2) is 42.7 Å². The van der Waals surface area contributed by atoms with Crippen LogP contribution < -0.4 is 15.8 Å². The predicted octanol–water partition coefficient (Wildman–Crippen LogP) is 4.59. The van der Waals surface area contributed by atoms with Crippen molar-refractivity contribution in [3.05, 3.63) is 65.1 Å². The van der Waals surface area contributed by atoms with E-state index in [4.69, 9.17) is 5.73 Å². The van der Waals surface area contributed by atoms with Crippen molar-refractivity contribution < 1.29 is 27.5 Å². The number of fused-ring (bicyclic) bond motifs is 2. The van der Waals surface area contributed by atoms with Crippen LogP contribution in [0.25, 0.3) is 16.9 Å². The maximum absolute atomic E-state index is 13.4. The summed E-state index contributed by atoms with van der Waals surface area (Å²) in [4.78, 5) is 36.5. The van der Waals surface area contributed by atoms with Crippen LogP contribution in [-0.4, -0.2) is 48.7 Å². The molecular weight excluding hydrogens is 527 g/mol. The maximum atomic E-state index is 13.4. The summed E-state index contributed by atoms with van der Waals surface area (Å²) in [6, 6.07) is 7.62. The molecule has 4 aromatic rings. The van der Waals surface area contributed by atoms with Gasteiger partial charge in [-0.15, -0.1) is 18.3 Å². The van der Waals surface area contributed by atoms with Crippen LogP contribution in [0.1, 0.15) is 51.7 Å². The molecule has 1 aliphatic heterocycles. The molecule has 40 heavy (non-hydrogen) atoms. The third kappa shape index (κ3) is 4.67. The molecule has 13 heteroatoms. The molecule has 1 aromatic carbocycles. The Bertz CT molecular complexity index is 1660. The molecule has 2 aliphatic rings. The number of alkyl halides is 3. The van der Waals surface area contributed by atoms with Crippen molar-refractivity contribution in [2.75, 3.05) is 11.1 Å². The van der Waals surface area contributed by atoms with Crippen molar-refractivity contribution in [1.29, 1.82) is 0 Å². The summed E-state index contributed by atoms with van der Waals surface area (Å²) in [6.07, 6.45) is -0.0479. The Hall–Kier alpha value is -4.68. The number of halogens is 3. The molecule has 0 saturated heterocycles. The Balaban J connectivity index is 1.40. The number of ether oxygens (including phenoxy) is 1. The van der Waals surface area contributed by atoms with Gasteiger partial charge in [-0.1, -0.05) is 0 Å². The highest BCUT2D eigenvalue weighted by Crippen LogP contribution is 2.42. The molecule has 1 aliphatic carbocycles. The Kier molecular flexibility index (Phi) is 5.89. The van der Waals surface area contributed by atoms with Gasteiger partial charge in [0.2, 0.25) is 0 Å². The third-order valence-electron chi connectivity index (χ3n) is 7.23. The van der Waals surface area contributed by atoms with Gasteiger partial charge in [-0.3, -0.25) is 14.6 Å². The summed E-state index contributed by atoms with van der Waals surface area (Å²) in [5.41, 5.74) is 8.18. The molecule has 4 heterocycles. The fourth-order valence-electron chi connectivity index (χ4n) is 5.01. The van der Waals surface area contributed by atoms with Crippen LogP contribution >= 0.6 is 0 Å². The summed E-state index contributed by atoms with van der Waals surface area (Å²) >= 11 is 0. The van der Waals surface area contributed by atoms with Crippen molar-refractivity contribution in [2.24, 2.45) is 5.92 Å². The zero-order valence-corrected chi connectivity index (χ0v) is 21.5. The molecular formula is C27H24F3N7O3. The summed E-state index contributed by atoms with van der Waals surface area (Å²) in [6.45, 7) is 3.88. The Labute approximate surface area is 226 Å². The second-order valence-electron chi connectivity index (χ2n) is 10.1. The van der Waals surface area contributed by atoms with Crippen LogP contribution in [0.2, 0.25) is 0 Å². The van der Waals surface area contributed by atoms with Crippen LogP contribution in [-0.2, 0) is 6.54 Å². The van der Waals surface area contributed by atoms with E-state index in [1.807, 2.05) is 13.8 Å². The first-order valence-electron chi connectivity index (χ1n) is 12.6. The topological polar surface area (TPSA) is 128 Å². The van der Waals surface area contributed by atoms with Crippen molar-refractivity contribution >= 4 is 29.0 Å². The number of nitrogens with zero attached hydrogens (tertiary/aromatic N) is 5. The number of hydrogen-bond acceptors (Lipinski definition) is 7. The molecule has 3 N–H and O–H groups in total. The van der Waals surface area contributed by atoms with Gasteiger partial charge in [0.25, 0.3) is 11.8 Å². The molecule has 1 atom stereocenters. The highest BCUT2D eigenvalue weighted by atomic mass is 19.4. The Morgan fingerprint density at radius 1 is 1.23 bits per heavy atom. The molecule has 206 valence electrons. The second-order valence-corrected chi connectivity index (χ2v) is 10.1. The number of carbonyl (C=O) groups is 2. The van der Waals surface area contributed by atoms with E-state index >= 15 is 0 Å². The molecule has 1 fully saturated rings. The Morgan fingerprint density at radius 2 is 2.00 bits per heavy atom. The maximum Gasteiger partial charge on any atom is 0.573 e. The number of aryl methyl sites for hydroxylation is 1. The zero-order valence-electron chi connectivity index (χ0n) is 21.5. The monoisotopic (exact) mass is 551 g/mol. The number of nitrogen functional groups attached to an aromatic ring is 1. The van der Waals surface area contributed by atoms with Gasteiger partial charge >= 0.3 is 6.36 Å². The lowest BCUT2D eigenvalue weighted by Gasteiger charge is -2.24. The first kappa shape index (κ1) is 25.6. The smallest absolute Gasteiger partial charge is 0.405 e. The van der Waals surface area contributed by atoms with Gasteiger partial charge in [-0.2, -0.15) is 0 Å². The highest BCUT2D eigenvalue weighted by Gasteiger charge is 2.42. The number of carbonyl (C=O) groups excluding carboxylic acids is 2. The number of benzene rings is 1. The number of amides is 2. The lowest BCUT2D eigenvalue weighted by Crippen LogP contribution is -2.34. The van der Waals surface area contributed by atoms with Gasteiger partial charge < -0.3 is 20.7 Å². The van der Waals surface area contributed by atoms with E-state index in [1.165, 1.54) is 23.0 Å². The first-order chi connectivity index (χ1) is 19.0. The lowest BCUT2D eigenvalue weighted by atomic mass is 10.0. The zero-order chi connectivity index (χ0) is 28.3. The van der Waals surface area contributed by atoms with E-state index in [-0.39, 0.29) is 46.4 Å². The minimum absolute atomic E-state index is 0.00467. The highest BCUT2D eigenvalue weighted by molar-refractivity contribution is 6.11. The van der Waals surface area contributed by atoms with E-state index < -0.39 is 23.9 Å². The summed E-state index contributed by atoms with van der Waals surface area (Å²) in [5.74, 6) is -1.39. The SMILES string of the molecule is Cc1ccc(NC(=O)c2c(N)nn3ccc(-c4cc5c(c(OC(F)(F)F)c4)C(=O)N(C(C)C4CC4)C5)nc23)cn1. The number of nitrogens with one attached hydrogen (secondary N) is 1. The van der Waals surface area contributed by atoms with E-state index in [0.29, 0.717) is 17.2 Å². The average Bonchev–Trinajstić information content (AvgIpc) is 3.61. The van der Waals surface area contributed by atoms with Gasteiger partial charge in [0.15, 0.2) is 11.5 Å². The fraction of sp³-hybridized carbons (Fsp3) is 0.296. The minimum atomic E-state index is -5.00. The van der Waals surface area contributed by atoms with E-state index in [1.54, 1.807) is 23.1 Å². The Morgan fingerprint density at radius 3 is 2.67 bits per heavy atom. The number of nitrogens with two attached hydrogens (primary N) is 1. The molecule has 1 unspecified atom stereocenters. The van der Waals surface area contributed by atoms with Crippen LogP contribution in [0, 0.1) is 12.8 Å². The second kappa shape index (κ2) is 9.21. The van der Waals surface area contributed by atoms with Crippen molar-refractivity contribution in [1.82, 2.24) is 24.5 Å². The summed E-state index contributed by atoms with van der Waals surface area (Å²) in [7, 11) is 0. The molecule has 3 aromatic heterocycles. The van der Waals surface area contributed by atoms with Gasteiger partial charge in [-0.25, -0.2) is 9.50 Å². The van der Waals surface area contributed by atoms with Crippen LogP contribution in [0.5, 0.6) is 5.75 Å². The van der Waals surface area contributed by atoms with E-state index in [0.717, 1.165) is 24.6 Å². The largest absolute Gasteiger partial charge is 0.573 e. The molecule has 1 saturated carbocycles. The molecule has 6 rings (SSSR count). The van der Waals surface area contributed by atoms with Gasteiger partial charge in [0, 0.05) is 30.0 Å². The van der Waals surface area contributed by atoms with Gasteiger partial charge in [-0.05, 0) is 68.5 Å². The predicted molar refractivity (Wildman–Crippen MR) is 139 cm³/mol. The number of pyridine rings is 1. The van der Waals surface area contributed by atoms with Crippen LogP contribution in [0.4, 0.5) is 24.7 Å². The number of aromatic nitrogens is 4. The standard InChI is InChI=1S/C27H24F3N7O3/c1-13-3-6-18(11-32-13)33-25(38)22-23(31)35-37-8-7-19(34-24(22)37)16-9-17-12-36(14(2)15-4-5-15)26(39)21(17)20(10-16)40-27(28,29)30/h3,6-11,14-15H,4-5,12H2,1-2H3,(H2,31,35)(H,33,38). The summed E-state index contributed by atoms with van der Waals surface area (Å²) in [5, 5.41) is 6.85. The average molecular weight is 552 g/mol. The third-order valence-corrected chi connectivity index (χ3v) is 7.23. The van der Waals surface area contributed by atoms with Crippen molar-refractivity contribution in [3.8, 4) is 17.0 Å². The van der Waals surface area contributed by atoms with Crippen molar-refractivity contribution in [3.63, 3.8) is 0 Å². The molecule has 10 nitrogen and oxygen atoms in total. The molecule has 0 spiro atoms. The fourth-order valence-corrected chi connectivity index (χ4v) is 5.01. The van der Waals surface area contributed by atoms with Crippen molar-refractivity contribution in [2.45, 2.75) is 45.6 Å². The number of rotatable bonds is 6. The number of hydrogen-bond donors (Lipinski definition) is 2. The van der Waals surface area contributed by atoms with E-state index in [9.17, 15) is 22.8 Å². The first-order valence-corrected chi connectivity index (χ1v) is 12.6. The minimum Gasteiger partial charge on any atom is -0.405 e. The lowest BCUT2D eigenvalue weighted by molar-refractivity contribution is -0.274. The van der Waals surface area contributed by atoms with Gasteiger partial charge in [0.1, 0.15) is 11.3 Å². The summed E-state index contributed by atoms with van der Waals surface area (Å²) < 4.78 is 45.8. The molecule has 2 amide bonds. The number of anilines is 2. The van der Waals surface area contributed by atoms with E-state index in [2.05, 4.69) is 25.1 Å². The van der Waals surface area contributed by atoms with Gasteiger partial charge in [0.05, 0.1) is 23.1 Å². The molecule has 0 bridgehead atoms.